The predicted molar refractivity (Wildman–Crippen MR) is 97.3 cm³/mol. The topological polar surface area (TPSA) is 47.8 Å². The molecular formula is C19H17F2N3OS. The third-order valence-corrected chi connectivity index (χ3v) is 4.74. The Labute approximate surface area is 154 Å². The van der Waals surface area contributed by atoms with E-state index in [0.717, 1.165) is 0 Å². The van der Waals surface area contributed by atoms with Gasteiger partial charge in [-0.15, -0.1) is 10.2 Å². The number of hydrogen-bond donors (Lipinski definition) is 0. The lowest BCUT2D eigenvalue weighted by atomic mass is 10.1. The normalized spacial score (nSPS) is 11.1. The van der Waals surface area contributed by atoms with Crippen LogP contribution in [-0.4, -0.2) is 26.3 Å². The molecule has 2 aromatic carbocycles. The number of carbonyl (C=O) groups excluding carboxylic acids is 1. The van der Waals surface area contributed by atoms with Crippen LogP contribution >= 0.6 is 11.8 Å². The van der Waals surface area contributed by atoms with Crippen LogP contribution < -0.4 is 0 Å². The molecule has 0 aliphatic rings. The van der Waals surface area contributed by atoms with Gasteiger partial charge in [0.15, 0.2) is 16.8 Å². The van der Waals surface area contributed by atoms with Gasteiger partial charge in [-0.25, -0.2) is 8.78 Å². The first kappa shape index (κ1) is 18.3. The number of ketones is 1. The van der Waals surface area contributed by atoms with Crippen molar-refractivity contribution in [3.8, 4) is 11.4 Å². The highest BCUT2D eigenvalue weighted by molar-refractivity contribution is 7.99. The summed E-state index contributed by atoms with van der Waals surface area (Å²) < 4.78 is 28.9. The van der Waals surface area contributed by atoms with E-state index in [1.165, 1.54) is 42.1 Å². The quantitative estimate of drug-likeness (QED) is 0.461. The van der Waals surface area contributed by atoms with Crippen molar-refractivity contribution in [1.29, 1.82) is 0 Å². The van der Waals surface area contributed by atoms with Gasteiger partial charge in [-0.3, -0.25) is 9.36 Å². The molecule has 0 N–H and O–H groups in total. The van der Waals surface area contributed by atoms with Gasteiger partial charge in [0.25, 0.3) is 0 Å². The van der Waals surface area contributed by atoms with E-state index in [1.54, 1.807) is 22.8 Å². The smallest absolute Gasteiger partial charge is 0.192 e. The van der Waals surface area contributed by atoms with Crippen molar-refractivity contribution < 1.29 is 13.6 Å². The number of nitrogens with zero attached hydrogens (tertiary/aromatic N) is 3. The highest BCUT2D eigenvalue weighted by atomic mass is 32.2. The second-order valence-corrected chi connectivity index (χ2v) is 6.91. The van der Waals surface area contributed by atoms with Gasteiger partial charge in [0.05, 0.1) is 11.3 Å². The fourth-order valence-electron chi connectivity index (χ4n) is 2.52. The van der Waals surface area contributed by atoms with E-state index in [9.17, 15) is 13.6 Å². The van der Waals surface area contributed by atoms with Crippen LogP contribution in [0.5, 0.6) is 0 Å². The average molecular weight is 373 g/mol. The minimum Gasteiger partial charge on any atom is -0.299 e. The van der Waals surface area contributed by atoms with Gasteiger partial charge < -0.3 is 0 Å². The number of rotatable bonds is 6. The maximum Gasteiger partial charge on any atom is 0.192 e. The largest absolute Gasteiger partial charge is 0.299 e. The van der Waals surface area contributed by atoms with Gasteiger partial charge in [0.2, 0.25) is 0 Å². The molecule has 0 spiro atoms. The van der Waals surface area contributed by atoms with Crippen molar-refractivity contribution in [1.82, 2.24) is 14.8 Å². The molecule has 3 aromatic rings. The number of halogens is 2. The van der Waals surface area contributed by atoms with E-state index >= 15 is 0 Å². The zero-order chi connectivity index (χ0) is 18.7. The third kappa shape index (κ3) is 3.83. The SMILES string of the molecule is CC(C)n1c(SCC(=O)c2ccc(F)cc2)nnc1-c1ccccc1F. The van der Waals surface area contributed by atoms with Gasteiger partial charge in [-0.1, -0.05) is 23.9 Å². The first-order valence-electron chi connectivity index (χ1n) is 8.08. The molecule has 134 valence electrons. The molecule has 0 saturated heterocycles. The highest BCUT2D eigenvalue weighted by Crippen LogP contribution is 2.29. The van der Waals surface area contributed by atoms with Crippen LogP contribution in [0.25, 0.3) is 11.4 Å². The van der Waals surface area contributed by atoms with Crippen molar-refractivity contribution >= 4 is 17.5 Å². The molecule has 0 amide bonds. The molecule has 7 heteroatoms. The lowest BCUT2D eigenvalue weighted by Crippen LogP contribution is -2.08. The Morgan fingerprint density at radius 1 is 1.08 bits per heavy atom. The summed E-state index contributed by atoms with van der Waals surface area (Å²) in [6, 6.07) is 11.8. The average Bonchev–Trinajstić information content (AvgIpc) is 3.04. The fraction of sp³-hybridized carbons (Fsp3) is 0.211. The maximum absolute atomic E-state index is 14.1. The predicted octanol–water partition coefficient (Wildman–Crippen LogP) is 4.78. The van der Waals surface area contributed by atoms with Gasteiger partial charge in [-0.05, 0) is 50.2 Å². The van der Waals surface area contributed by atoms with Crippen LogP contribution in [0, 0.1) is 11.6 Å². The summed E-state index contributed by atoms with van der Waals surface area (Å²) in [7, 11) is 0. The first-order valence-corrected chi connectivity index (χ1v) is 9.07. The van der Waals surface area contributed by atoms with E-state index in [1.807, 2.05) is 13.8 Å². The zero-order valence-corrected chi connectivity index (χ0v) is 15.1. The Morgan fingerprint density at radius 3 is 2.42 bits per heavy atom. The zero-order valence-electron chi connectivity index (χ0n) is 14.3. The lowest BCUT2D eigenvalue weighted by molar-refractivity contribution is 0.102. The monoisotopic (exact) mass is 373 g/mol. The summed E-state index contributed by atoms with van der Waals surface area (Å²) in [5.41, 5.74) is 0.800. The van der Waals surface area contributed by atoms with E-state index < -0.39 is 0 Å². The van der Waals surface area contributed by atoms with Crippen molar-refractivity contribution in [3.63, 3.8) is 0 Å². The van der Waals surface area contributed by atoms with Crippen LogP contribution in [0.4, 0.5) is 8.78 Å². The summed E-state index contributed by atoms with van der Waals surface area (Å²) >= 11 is 1.23. The Morgan fingerprint density at radius 2 is 1.77 bits per heavy atom. The second-order valence-electron chi connectivity index (χ2n) is 5.97. The Hall–Kier alpha value is -2.54. The molecule has 0 aliphatic heterocycles. The van der Waals surface area contributed by atoms with Crippen LogP contribution in [0.15, 0.2) is 53.7 Å². The third-order valence-electron chi connectivity index (χ3n) is 3.79. The number of Topliss-reactive ketones (excluding diaryl/α,β-unsaturated/α-hetero) is 1. The standard InChI is InChI=1S/C19H17F2N3OS/c1-12(2)24-18(15-5-3-4-6-16(15)21)22-23-19(24)26-11-17(25)13-7-9-14(20)10-8-13/h3-10,12H,11H2,1-2H3. The molecule has 0 atom stereocenters. The van der Waals surface area contributed by atoms with Crippen molar-refractivity contribution in [2.45, 2.75) is 25.0 Å². The number of thioether (sulfide) groups is 1. The molecule has 1 heterocycles. The van der Waals surface area contributed by atoms with Crippen LogP contribution in [0.2, 0.25) is 0 Å². The number of aromatic nitrogens is 3. The molecule has 0 bridgehead atoms. The van der Waals surface area contributed by atoms with Gasteiger partial charge in [-0.2, -0.15) is 0 Å². The Balaban J connectivity index is 1.83. The van der Waals surface area contributed by atoms with E-state index in [-0.39, 0.29) is 29.2 Å². The Bertz CT molecular complexity index is 923. The molecule has 0 fully saturated rings. The minimum atomic E-state index is -0.386. The van der Waals surface area contributed by atoms with E-state index in [2.05, 4.69) is 10.2 Å². The molecule has 0 saturated carbocycles. The van der Waals surface area contributed by atoms with Gasteiger partial charge in [0, 0.05) is 11.6 Å². The molecule has 26 heavy (non-hydrogen) atoms. The molecule has 4 nitrogen and oxygen atoms in total. The molecule has 0 unspecified atom stereocenters. The highest BCUT2D eigenvalue weighted by Gasteiger charge is 2.20. The van der Waals surface area contributed by atoms with Crippen molar-refractivity contribution in [3.05, 3.63) is 65.7 Å². The summed E-state index contributed by atoms with van der Waals surface area (Å²) in [5, 5.41) is 8.79. The van der Waals surface area contributed by atoms with Gasteiger partial charge in [0.1, 0.15) is 11.6 Å². The van der Waals surface area contributed by atoms with Crippen molar-refractivity contribution in [2.24, 2.45) is 0 Å². The van der Waals surface area contributed by atoms with Crippen LogP contribution in [-0.2, 0) is 0 Å². The summed E-state index contributed by atoms with van der Waals surface area (Å²) in [5.74, 6) is -0.340. The maximum atomic E-state index is 14.1. The van der Waals surface area contributed by atoms with Gasteiger partial charge >= 0.3 is 0 Å². The molecule has 0 radical (unpaired) electrons. The van der Waals surface area contributed by atoms with E-state index in [4.69, 9.17) is 0 Å². The number of hydrogen-bond acceptors (Lipinski definition) is 4. The molecule has 1 aromatic heterocycles. The minimum absolute atomic E-state index is 0.0111. The van der Waals surface area contributed by atoms with E-state index in [0.29, 0.717) is 22.1 Å². The number of carbonyl (C=O) groups is 1. The van der Waals surface area contributed by atoms with Crippen LogP contribution in [0.3, 0.4) is 0 Å². The Kier molecular flexibility index (Phi) is 5.46. The molecule has 3 rings (SSSR count). The molecule has 0 aliphatic carbocycles. The summed E-state index contributed by atoms with van der Waals surface area (Å²) in [6.07, 6.45) is 0. The lowest BCUT2D eigenvalue weighted by Gasteiger charge is -2.14. The number of benzene rings is 2. The summed E-state index contributed by atoms with van der Waals surface area (Å²) in [4.78, 5) is 12.3. The fourth-order valence-corrected chi connectivity index (χ4v) is 3.48. The summed E-state index contributed by atoms with van der Waals surface area (Å²) in [6.45, 7) is 3.89. The molecular weight excluding hydrogens is 356 g/mol. The second kappa shape index (κ2) is 7.78. The van der Waals surface area contributed by atoms with Crippen LogP contribution in [0.1, 0.15) is 30.2 Å². The first-order chi connectivity index (χ1) is 12.5. The van der Waals surface area contributed by atoms with Crippen molar-refractivity contribution in [2.75, 3.05) is 5.75 Å².